The number of halogens is 4. The van der Waals surface area contributed by atoms with Crippen molar-refractivity contribution in [3.8, 4) is 0 Å². The molecule has 1 aromatic heterocycles. The molecule has 0 spiro atoms. The quantitative estimate of drug-likeness (QED) is 0.386. The average Bonchev–Trinajstić information content (AvgIpc) is 2.94. The molecule has 0 atom stereocenters. The van der Waals surface area contributed by atoms with Gasteiger partial charge in [0.2, 0.25) is 0 Å². The Bertz CT molecular complexity index is 547. The predicted octanol–water partition coefficient (Wildman–Crippen LogP) is 4.41. The summed E-state index contributed by atoms with van der Waals surface area (Å²) in [4.78, 5) is 7.74. The fourth-order valence-corrected chi connectivity index (χ4v) is 3.35. The highest BCUT2D eigenvalue weighted by Crippen LogP contribution is 2.35. The lowest BCUT2D eigenvalue weighted by molar-refractivity contribution is -0.140. The summed E-state index contributed by atoms with van der Waals surface area (Å²) in [7, 11) is 1.66. The zero-order valence-electron chi connectivity index (χ0n) is 14.0. The number of nitrogens with one attached hydrogen (secondary N) is 2. The van der Waals surface area contributed by atoms with Gasteiger partial charge < -0.3 is 10.6 Å². The van der Waals surface area contributed by atoms with Gasteiger partial charge in [-0.1, -0.05) is 13.8 Å². The van der Waals surface area contributed by atoms with E-state index in [-0.39, 0.29) is 30.5 Å². The van der Waals surface area contributed by atoms with Crippen LogP contribution < -0.4 is 10.6 Å². The Hall–Kier alpha value is -0.580. The average molecular weight is 476 g/mol. The van der Waals surface area contributed by atoms with Gasteiger partial charge in [0, 0.05) is 18.5 Å². The molecular formula is C15H24F3IN4S. The van der Waals surface area contributed by atoms with E-state index in [4.69, 9.17) is 0 Å². The van der Waals surface area contributed by atoms with E-state index in [1.807, 2.05) is 0 Å². The molecular weight excluding hydrogens is 452 g/mol. The van der Waals surface area contributed by atoms with Gasteiger partial charge in [0.1, 0.15) is 5.01 Å². The molecule has 0 saturated heterocycles. The third-order valence-corrected chi connectivity index (χ3v) is 5.00. The molecule has 1 aliphatic rings. The van der Waals surface area contributed by atoms with Crippen LogP contribution in [0.25, 0.3) is 0 Å². The largest absolute Gasteiger partial charge is 0.434 e. The molecule has 0 bridgehead atoms. The summed E-state index contributed by atoms with van der Waals surface area (Å²) in [5.74, 6) is 0.610. The van der Waals surface area contributed by atoms with Crippen molar-refractivity contribution in [3.63, 3.8) is 0 Å². The molecule has 1 heterocycles. The van der Waals surface area contributed by atoms with Crippen molar-refractivity contribution in [3.05, 3.63) is 16.1 Å². The van der Waals surface area contributed by atoms with Gasteiger partial charge in [0.15, 0.2) is 11.7 Å². The number of hydrogen-bond acceptors (Lipinski definition) is 3. The van der Waals surface area contributed by atoms with Crippen LogP contribution in [0, 0.1) is 5.41 Å². The number of aliphatic imine (C=N–C) groups is 1. The Labute approximate surface area is 161 Å². The number of rotatable bonds is 3. The first-order valence-electron chi connectivity index (χ1n) is 7.68. The SMILES string of the molecule is CN=C(NCc1nc(C(F)(F)F)cs1)NC1CCC(C)(C)CC1.I. The summed E-state index contributed by atoms with van der Waals surface area (Å²) in [5.41, 5.74) is -0.443. The first kappa shape index (κ1) is 21.5. The molecule has 4 nitrogen and oxygen atoms in total. The number of thiazole rings is 1. The minimum Gasteiger partial charge on any atom is -0.354 e. The molecule has 0 radical (unpaired) electrons. The van der Waals surface area contributed by atoms with Gasteiger partial charge in [-0.3, -0.25) is 4.99 Å². The van der Waals surface area contributed by atoms with E-state index < -0.39 is 11.9 Å². The minimum absolute atomic E-state index is 0. The van der Waals surface area contributed by atoms with Gasteiger partial charge in [-0.15, -0.1) is 35.3 Å². The zero-order valence-corrected chi connectivity index (χ0v) is 17.2. The van der Waals surface area contributed by atoms with Crippen LogP contribution in [0.2, 0.25) is 0 Å². The molecule has 0 aromatic carbocycles. The molecule has 24 heavy (non-hydrogen) atoms. The number of hydrogen-bond donors (Lipinski definition) is 2. The molecule has 1 saturated carbocycles. The highest BCUT2D eigenvalue weighted by atomic mass is 127. The Morgan fingerprint density at radius 1 is 1.38 bits per heavy atom. The monoisotopic (exact) mass is 476 g/mol. The summed E-state index contributed by atoms with van der Waals surface area (Å²) in [6.45, 7) is 4.78. The third kappa shape index (κ3) is 6.38. The Morgan fingerprint density at radius 2 is 2.00 bits per heavy atom. The van der Waals surface area contributed by atoms with Crippen LogP contribution in [-0.4, -0.2) is 24.0 Å². The second-order valence-electron chi connectivity index (χ2n) is 6.63. The minimum atomic E-state index is -4.39. The van der Waals surface area contributed by atoms with Gasteiger partial charge in [0.25, 0.3) is 0 Å². The van der Waals surface area contributed by atoms with E-state index >= 15 is 0 Å². The molecule has 1 aliphatic carbocycles. The highest BCUT2D eigenvalue weighted by molar-refractivity contribution is 14.0. The Morgan fingerprint density at radius 3 is 2.50 bits per heavy atom. The molecule has 0 amide bonds. The van der Waals surface area contributed by atoms with E-state index in [0.29, 0.717) is 22.4 Å². The van der Waals surface area contributed by atoms with E-state index in [0.717, 1.165) is 42.4 Å². The lowest BCUT2D eigenvalue weighted by Gasteiger charge is -2.35. The third-order valence-electron chi connectivity index (χ3n) is 4.15. The van der Waals surface area contributed by atoms with Crippen LogP contribution in [0.1, 0.15) is 50.2 Å². The standard InChI is InChI=1S/C15H23F3N4S.HI/c1-14(2)6-4-10(5-7-14)21-13(19-3)20-8-12-22-11(9-23-12)15(16,17)18;/h9-10H,4-8H2,1-3H3,(H2,19,20,21);1H. The summed E-state index contributed by atoms with van der Waals surface area (Å²) >= 11 is 0.998. The fraction of sp³-hybridized carbons (Fsp3) is 0.733. The fourth-order valence-electron chi connectivity index (χ4n) is 2.61. The predicted molar refractivity (Wildman–Crippen MR) is 102 cm³/mol. The van der Waals surface area contributed by atoms with Crippen LogP contribution in [0.4, 0.5) is 13.2 Å². The van der Waals surface area contributed by atoms with Crippen LogP contribution in [0.15, 0.2) is 10.4 Å². The number of nitrogens with zero attached hydrogens (tertiary/aromatic N) is 2. The Balaban J connectivity index is 0.00000288. The molecule has 9 heteroatoms. The van der Waals surface area contributed by atoms with Gasteiger partial charge in [-0.2, -0.15) is 13.2 Å². The van der Waals surface area contributed by atoms with Crippen molar-refractivity contribution in [1.82, 2.24) is 15.6 Å². The van der Waals surface area contributed by atoms with Crippen molar-refractivity contribution in [1.29, 1.82) is 0 Å². The first-order chi connectivity index (χ1) is 10.7. The number of aromatic nitrogens is 1. The molecule has 1 aromatic rings. The highest BCUT2D eigenvalue weighted by Gasteiger charge is 2.33. The second-order valence-corrected chi connectivity index (χ2v) is 7.58. The lowest BCUT2D eigenvalue weighted by atomic mass is 9.75. The molecule has 0 aliphatic heterocycles. The molecule has 2 rings (SSSR count). The maximum atomic E-state index is 12.5. The molecule has 1 fully saturated rings. The van der Waals surface area contributed by atoms with Crippen molar-refractivity contribution in [2.24, 2.45) is 10.4 Å². The van der Waals surface area contributed by atoms with E-state index in [1.54, 1.807) is 7.05 Å². The number of alkyl halides is 3. The molecule has 2 N–H and O–H groups in total. The van der Waals surface area contributed by atoms with Crippen molar-refractivity contribution in [2.45, 2.75) is 58.3 Å². The van der Waals surface area contributed by atoms with Crippen LogP contribution in [0.5, 0.6) is 0 Å². The van der Waals surface area contributed by atoms with Gasteiger partial charge >= 0.3 is 6.18 Å². The molecule has 138 valence electrons. The summed E-state index contributed by atoms with van der Waals surface area (Å²) < 4.78 is 37.6. The second kappa shape index (κ2) is 8.68. The zero-order chi connectivity index (χ0) is 17.1. The topological polar surface area (TPSA) is 49.3 Å². The summed E-state index contributed by atoms with van der Waals surface area (Å²) in [6.07, 6.45) is 0.0715. The van der Waals surface area contributed by atoms with E-state index in [9.17, 15) is 13.2 Å². The summed E-state index contributed by atoms with van der Waals surface area (Å²) in [5, 5.41) is 7.81. The van der Waals surface area contributed by atoms with Crippen molar-refractivity contribution in [2.75, 3.05) is 7.05 Å². The smallest absolute Gasteiger partial charge is 0.354 e. The number of guanidine groups is 1. The van der Waals surface area contributed by atoms with Crippen LogP contribution in [0.3, 0.4) is 0 Å². The van der Waals surface area contributed by atoms with Crippen LogP contribution in [-0.2, 0) is 12.7 Å². The first-order valence-corrected chi connectivity index (χ1v) is 8.56. The maximum absolute atomic E-state index is 12.5. The Kier molecular flexibility index (Phi) is 7.76. The maximum Gasteiger partial charge on any atom is 0.434 e. The van der Waals surface area contributed by atoms with Crippen LogP contribution >= 0.6 is 35.3 Å². The molecule has 0 unspecified atom stereocenters. The lowest BCUT2D eigenvalue weighted by Crippen LogP contribution is -2.45. The van der Waals surface area contributed by atoms with Gasteiger partial charge in [0.05, 0.1) is 6.54 Å². The van der Waals surface area contributed by atoms with Crippen molar-refractivity contribution < 1.29 is 13.2 Å². The normalized spacial score (nSPS) is 18.8. The summed E-state index contributed by atoms with van der Waals surface area (Å²) in [6, 6.07) is 0.358. The van der Waals surface area contributed by atoms with Gasteiger partial charge in [-0.25, -0.2) is 4.98 Å². The van der Waals surface area contributed by atoms with E-state index in [2.05, 4.69) is 34.5 Å². The van der Waals surface area contributed by atoms with Crippen molar-refractivity contribution >= 4 is 41.3 Å². The van der Waals surface area contributed by atoms with Gasteiger partial charge in [-0.05, 0) is 31.1 Å². The van der Waals surface area contributed by atoms with E-state index in [1.165, 1.54) is 0 Å².